The Morgan fingerprint density at radius 3 is 1.30 bits per heavy atom. The van der Waals surface area contributed by atoms with Crippen molar-refractivity contribution in [2.75, 3.05) is 0 Å². The Kier molecular flexibility index (Phi) is 13.9. The van der Waals surface area contributed by atoms with Gasteiger partial charge in [0.15, 0.2) is 0 Å². The van der Waals surface area contributed by atoms with Crippen LogP contribution in [0.4, 0.5) is 0 Å². The monoisotopic (exact) mass is 140 g/mol. The van der Waals surface area contributed by atoms with Gasteiger partial charge in [0.1, 0.15) is 0 Å². The van der Waals surface area contributed by atoms with Gasteiger partial charge >= 0.3 is 0 Å². The van der Waals surface area contributed by atoms with Crippen LogP contribution in [0.15, 0.2) is 0 Å². The van der Waals surface area contributed by atoms with Crippen LogP contribution >= 0.6 is 0 Å². The van der Waals surface area contributed by atoms with E-state index in [-0.39, 0.29) is 0 Å². The topological polar surface area (TPSA) is 0 Å². The van der Waals surface area contributed by atoms with E-state index in [0.29, 0.717) is 0 Å². The third-order valence-electron chi connectivity index (χ3n) is 1.64. The van der Waals surface area contributed by atoms with Crippen LogP contribution in [-0.2, 0) is 0 Å². The Balaban J connectivity index is 0. The van der Waals surface area contributed by atoms with Crippen LogP contribution in [0, 0.1) is 17.8 Å². The second kappa shape index (κ2) is 11.4. The molecule has 0 spiro atoms. The van der Waals surface area contributed by atoms with Crippen molar-refractivity contribution >= 4 is 0 Å². The van der Waals surface area contributed by atoms with Gasteiger partial charge < -0.3 is 0 Å². The smallest absolute Gasteiger partial charge is 0.00271 e. The van der Waals surface area contributed by atoms with Crippen molar-refractivity contribution in [3.8, 4) is 11.8 Å². The molecule has 0 aromatic carbocycles. The fourth-order valence-corrected chi connectivity index (χ4v) is 0.289. The molecule has 10 heavy (non-hydrogen) atoms. The lowest BCUT2D eigenvalue weighted by atomic mass is 10.1. The predicted molar refractivity (Wildman–Crippen MR) is 48.9 cm³/mol. The molecule has 0 aliphatic carbocycles. The average molecular weight is 140 g/mol. The molecule has 0 aromatic rings. The van der Waals surface area contributed by atoms with Crippen molar-refractivity contribution in [1.82, 2.24) is 0 Å². The minimum absolute atomic E-state index is 0.935. The lowest BCUT2D eigenvalue weighted by molar-refractivity contribution is 0.544. The molecule has 0 unspecified atom stereocenters. The van der Waals surface area contributed by atoms with Crippen molar-refractivity contribution in [3.63, 3.8) is 0 Å². The summed E-state index contributed by atoms with van der Waals surface area (Å²) in [7, 11) is 0. The molecule has 0 aromatic heterocycles. The van der Waals surface area contributed by atoms with Crippen LogP contribution in [0.5, 0.6) is 0 Å². The summed E-state index contributed by atoms with van der Waals surface area (Å²) in [6, 6.07) is 0. The van der Waals surface area contributed by atoms with E-state index in [9.17, 15) is 0 Å². The minimum Gasteiger partial charge on any atom is -0.107 e. The third-order valence-corrected chi connectivity index (χ3v) is 1.64. The molecule has 0 heterocycles. The summed E-state index contributed by atoms with van der Waals surface area (Å²) in [5, 5.41) is 0. The molecule has 0 atom stereocenters. The van der Waals surface area contributed by atoms with Gasteiger partial charge in [0.25, 0.3) is 0 Å². The molecule has 0 amide bonds. The van der Waals surface area contributed by atoms with E-state index in [0.717, 1.165) is 5.92 Å². The van der Waals surface area contributed by atoms with Crippen molar-refractivity contribution in [1.29, 1.82) is 0 Å². The molecule has 0 saturated heterocycles. The number of hydrogen-bond donors (Lipinski definition) is 0. The van der Waals surface area contributed by atoms with E-state index in [2.05, 4.69) is 32.6 Å². The highest BCUT2D eigenvalue weighted by Gasteiger charge is 1.88. The van der Waals surface area contributed by atoms with Crippen molar-refractivity contribution in [2.45, 2.75) is 47.5 Å². The van der Waals surface area contributed by atoms with Gasteiger partial charge in [-0.25, -0.2) is 0 Å². The first-order valence-corrected chi connectivity index (χ1v) is 4.06. The van der Waals surface area contributed by atoms with E-state index in [4.69, 9.17) is 0 Å². The van der Waals surface area contributed by atoms with Crippen molar-refractivity contribution < 1.29 is 0 Å². The first-order valence-electron chi connectivity index (χ1n) is 4.06. The van der Waals surface area contributed by atoms with E-state index < -0.39 is 0 Å². The first-order chi connectivity index (χ1) is 4.72. The fourth-order valence-electron chi connectivity index (χ4n) is 0.289. The van der Waals surface area contributed by atoms with Crippen LogP contribution < -0.4 is 0 Å². The second-order valence-corrected chi connectivity index (χ2v) is 2.42. The van der Waals surface area contributed by atoms with Gasteiger partial charge in [-0.05, 0) is 19.8 Å². The maximum absolute atomic E-state index is 2.68. The highest BCUT2D eigenvalue weighted by atomic mass is 13.9. The predicted octanol–water partition coefficient (Wildman–Crippen LogP) is 3.47. The molecular weight excluding hydrogens is 120 g/mol. The van der Waals surface area contributed by atoms with E-state index in [1.807, 2.05) is 13.8 Å². The standard InChI is InChI=1S/C6H14.C4H6/c1-4-6(3)5-2;1-3-4-2/h6H,4-5H2,1-3H3;1-2H3. The Hall–Kier alpha value is -0.440. The third kappa shape index (κ3) is 15.6. The maximum atomic E-state index is 2.68. The SMILES string of the molecule is CC#CC.CCC(C)CC. The molecule has 0 nitrogen and oxygen atoms in total. The van der Waals surface area contributed by atoms with Crippen LogP contribution in [0.1, 0.15) is 47.5 Å². The van der Waals surface area contributed by atoms with Gasteiger partial charge in [0.2, 0.25) is 0 Å². The molecule has 0 bridgehead atoms. The summed E-state index contributed by atoms with van der Waals surface area (Å²) in [5.41, 5.74) is 0. The number of rotatable bonds is 2. The van der Waals surface area contributed by atoms with Crippen LogP contribution in [0.3, 0.4) is 0 Å². The summed E-state index contributed by atoms with van der Waals surface area (Å²) in [5.74, 6) is 6.30. The zero-order valence-electron chi connectivity index (χ0n) is 7.99. The largest absolute Gasteiger partial charge is 0.107 e. The quantitative estimate of drug-likeness (QED) is 0.515. The van der Waals surface area contributed by atoms with Crippen molar-refractivity contribution in [2.24, 2.45) is 5.92 Å². The molecular formula is C10H20. The molecule has 0 saturated carbocycles. The zero-order valence-corrected chi connectivity index (χ0v) is 7.99. The molecule has 0 heteroatoms. The minimum atomic E-state index is 0.935. The Labute approximate surface area is 66.0 Å². The van der Waals surface area contributed by atoms with Crippen LogP contribution in [0.2, 0.25) is 0 Å². The highest BCUT2D eigenvalue weighted by Crippen LogP contribution is 2.02. The number of hydrogen-bond acceptors (Lipinski definition) is 0. The zero-order chi connectivity index (χ0) is 8.41. The molecule has 60 valence electrons. The van der Waals surface area contributed by atoms with E-state index >= 15 is 0 Å². The Morgan fingerprint density at radius 2 is 1.30 bits per heavy atom. The average Bonchev–Trinajstić information content (AvgIpc) is 2.03. The normalized spacial score (nSPS) is 7.40. The van der Waals surface area contributed by atoms with Crippen LogP contribution in [-0.4, -0.2) is 0 Å². The lowest BCUT2D eigenvalue weighted by Gasteiger charge is -1.98. The summed E-state index contributed by atoms with van der Waals surface area (Å²) in [4.78, 5) is 0. The summed E-state index contributed by atoms with van der Waals surface area (Å²) in [6.07, 6.45) is 2.66. The summed E-state index contributed by atoms with van der Waals surface area (Å²) < 4.78 is 0. The van der Waals surface area contributed by atoms with Gasteiger partial charge in [0, 0.05) is 0 Å². The molecule has 0 aliphatic rings. The highest BCUT2D eigenvalue weighted by molar-refractivity contribution is 4.89. The lowest BCUT2D eigenvalue weighted by Crippen LogP contribution is -1.85. The molecule has 0 N–H and O–H groups in total. The molecule has 0 rings (SSSR count). The fraction of sp³-hybridized carbons (Fsp3) is 0.800. The van der Waals surface area contributed by atoms with E-state index in [1.54, 1.807) is 0 Å². The summed E-state index contributed by atoms with van der Waals surface area (Å²) >= 11 is 0. The van der Waals surface area contributed by atoms with Crippen molar-refractivity contribution in [3.05, 3.63) is 0 Å². The molecule has 0 radical (unpaired) electrons. The molecule has 0 fully saturated rings. The van der Waals surface area contributed by atoms with Gasteiger partial charge in [0.05, 0.1) is 0 Å². The second-order valence-electron chi connectivity index (χ2n) is 2.42. The van der Waals surface area contributed by atoms with E-state index in [1.165, 1.54) is 12.8 Å². The Morgan fingerprint density at radius 1 is 1.00 bits per heavy atom. The first kappa shape index (κ1) is 12.3. The summed E-state index contributed by atoms with van der Waals surface area (Å²) in [6.45, 7) is 10.4. The Bertz CT molecular complexity index is 82.3. The maximum Gasteiger partial charge on any atom is -0.00271 e. The van der Waals surface area contributed by atoms with Gasteiger partial charge in [-0.2, -0.15) is 0 Å². The van der Waals surface area contributed by atoms with Crippen LogP contribution in [0.25, 0.3) is 0 Å². The van der Waals surface area contributed by atoms with Gasteiger partial charge in [-0.15, -0.1) is 11.8 Å². The molecule has 0 aliphatic heterocycles. The van der Waals surface area contributed by atoms with Gasteiger partial charge in [-0.1, -0.05) is 33.6 Å². The van der Waals surface area contributed by atoms with Gasteiger partial charge in [-0.3, -0.25) is 0 Å².